The first-order valence-corrected chi connectivity index (χ1v) is 18.4. The number of urea groups is 1. The van der Waals surface area contributed by atoms with Crippen molar-refractivity contribution < 1.29 is 57.2 Å². The van der Waals surface area contributed by atoms with Crippen molar-refractivity contribution in [3.8, 4) is 0 Å². The minimum absolute atomic E-state index is 0.0125. The summed E-state index contributed by atoms with van der Waals surface area (Å²) in [5, 5.41) is 2.79. The second-order valence-electron chi connectivity index (χ2n) is 12.8. The molecule has 0 saturated carbocycles. The smallest absolute Gasteiger partial charge is 0.317 e. The van der Waals surface area contributed by atoms with Crippen LogP contribution in [0, 0.1) is 11.8 Å². The lowest BCUT2D eigenvalue weighted by Crippen LogP contribution is -2.45. The monoisotopic (exact) mass is 731 g/mol. The summed E-state index contributed by atoms with van der Waals surface area (Å²) in [5.74, 6) is -2.88. The molecule has 0 aromatic carbocycles. The highest BCUT2D eigenvalue weighted by Gasteiger charge is 2.21. The summed E-state index contributed by atoms with van der Waals surface area (Å²) in [4.78, 5) is 75.6. The maximum absolute atomic E-state index is 12.9. The third-order valence-corrected chi connectivity index (χ3v) is 7.82. The van der Waals surface area contributed by atoms with Crippen LogP contribution in [0.1, 0.15) is 97.3 Å². The highest BCUT2D eigenvalue weighted by molar-refractivity contribution is 5.74. The van der Waals surface area contributed by atoms with Crippen LogP contribution in [0.3, 0.4) is 0 Å². The lowest BCUT2D eigenvalue weighted by Gasteiger charge is -2.24. The van der Waals surface area contributed by atoms with E-state index in [2.05, 4.69) is 12.2 Å². The van der Waals surface area contributed by atoms with Gasteiger partial charge in [-0.15, -0.1) is 0 Å². The summed E-state index contributed by atoms with van der Waals surface area (Å²) in [6.07, 6.45) is 10.7. The SMILES string of the molecule is CCCCCCCCCCCC(=O)OCC(COC)CC(=O)OCCN(CCOC(=O)CC(COC=O)COC(=O)CC)C(=O)NCCN(C)C. The normalized spacial score (nSPS) is 12.0. The highest BCUT2D eigenvalue weighted by Crippen LogP contribution is 2.12. The van der Waals surface area contributed by atoms with Gasteiger partial charge in [0.1, 0.15) is 13.2 Å². The van der Waals surface area contributed by atoms with Crippen LogP contribution in [0.15, 0.2) is 0 Å². The fraction of sp³-hybridized carbons (Fsp3) is 0.833. The Morgan fingerprint density at radius 3 is 1.69 bits per heavy atom. The van der Waals surface area contributed by atoms with Crippen LogP contribution in [0.2, 0.25) is 0 Å². The Morgan fingerprint density at radius 1 is 0.647 bits per heavy atom. The van der Waals surface area contributed by atoms with Crippen molar-refractivity contribution in [1.29, 1.82) is 0 Å². The molecule has 15 heteroatoms. The van der Waals surface area contributed by atoms with Crippen molar-refractivity contribution in [2.45, 2.75) is 97.3 Å². The Balaban J connectivity index is 4.79. The van der Waals surface area contributed by atoms with E-state index in [1.807, 2.05) is 19.0 Å². The number of hydrogen-bond acceptors (Lipinski definition) is 13. The van der Waals surface area contributed by atoms with Crippen molar-refractivity contribution in [2.24, 2.45) is 11.8 Å². The van der Waals surface area contributed by atoms with Crippen molar-refractivity contribution >= 4 is 36.4 Å². The van der Waals surface area contributed by atoms with Crippen LogP contribution in [0.25, 0.3) is 0 Å². The number of amides is 2. The molecule has 0 spiro atoms. The summed E-state index contributed by atoms with van der Waals surface area (Å²) in [6.45, 7) is 4.82. The number of rotatable bonds is 33. The number of carbonyl (C=O) groups excluding carboxylic acids is 6. The van der Waals surface area contributed by atoms with E-state index in [1.165, 1.54) is 50.5 Å². The number of likely N-dealkylation sites (N-methyl/N-ethyl adjacent to an activating group) is 1. The summed E-state index contributed by atoms with van der Waals surface area (Å²) < 4.78 is 31.1. The zero-order valence-electron chi connectivity index (χ0n) is 31.8. The molecule has 0 fully saturated rings. The fourth-order valence-corrected chi connectivity index (χ4v) is 4.86. The Bertz CT molecular complexity index is 966. The molecule has 296 valence electrons. The van der Waals surface area contributed by atoms with Gasteiger partial charge in [-0.05, 0) is 20.5 Å². The van der Waals surface area contributed by atoms with Crippen molar-refractivity contribution in [1.82, 2.24) is 15.1 Å². The largest absolute Gasteiger partial charge is 0.467 e. The Kier molecular flexibility index (Phi) is 30.2. The van der Waals surface area contributed by atoms with Gasteiger partial charge in [-0.2, -0.15) is 0 Å². The van der Waals surface area contributed by atoms with E-state index in [0.29, 0.717) is 19.5 Å². The van der Waals surface area contributed by atoms with Gasteiger partial charge in [-0.25, -0.2) is 4.79 Å². The van der Waals surface area contributed by atoms with Crippen LogP contribution in [0.5, 0.6) is 0 Å². The van der Waals surface area contributed by atoms with Crippen LogP contribution >= 0.6 is 0 Å². The van der Waals surface area contributed by atoms with E-state index >= 15 is 0 Å². The first kappa shape index (κ1) is 47.5. The van der Waals surface area contributed by atoms with Gasteiger partial charge in [0.25, 0.3) is 6.47 Å². The van der Waals surface area contributed by atoms with Crippen molar-refractivity contribution in [3.05, 3.63) is 0 Å². The number of hydrogen-bond donors (Lipinski definition) is 1. The van der Waals surface area contributed by atoms with Crippen LogP contribution < -0.4 is 5.32 Å². The fourth-order valence-electron chi connectivity index (χ4n) is 4.86. The molecule has 0 aliphatic rings. The minimum atomic E-state index is -0.625. The second kappa shape index (κ2) is 32.4. The predicted octanol–water partition coefficient (Wildman–Crippen LogP) is 3.90. The molecule has 15 nitrogen and oxygen atoms in total. The molecule has 51 heavy (non-hydrogen) atoms. The molecule has 0 aliphatic carbocycles. The maximum atomic E-state index is 12.9. The number of ether oxygens (including phenoxy) is 6. The van der Waals surface area contributed by atoms with Gasteiger partial charge in [0, 0.05) is 44.9 Å². The molecule has 0 radical (unpaired) electrons. The first-order chi connectivity index (χ1) is 24.6. The Hall–Kier alpha value is -3.46. The molecular weight excluding hydrogens is 666 g/mol. The van der Waals surface area contributed by atoms with E-state index in [1.54, 1.807) is 6.92 Å². The van der Waals surface area contributed by atoms with Gasteiger partial charge in [0.15, 0.2) is 0 Å². The van der Waals surface area contributed by atoms with Crippen LogP contribution in [-0.4, -0.2) is 133 Å². The number of nitrogens with one attached hydrogen (secondary N) is 1. The second-order valence-corrected chi connectivity index (χ2v) is 12.8. The molecule has 2 atom stereocenters. The van der Waals surface area contributed by atoms with Crippen molar-refractivity contribution in [2.75, 3.05) is 87.0 Å². The molecule has 0 aliphatic heterocycles. The molecule has 0 rings (SSSR count). The quantitative estimate of drug-likeness (QED) is 0.0446. The lowest BCUT2D eigenvalue weighted by molar-refractivity contribution is -0.152. The van der Waals surface area contributed by atoms with E-state index < -0.39 is 29.9 Å². The molecule has 0 heterocycles. The zero-order valence-corrected chi connectivity index (χ0v) is 31.8. The standard InChI is InChI=1S/C36H65N3O12/c1-6-8-9-10-11-12-13-14-15-16-33(42)51-27-30(25-46-5)23-34(43)48-21-19-39(36(45)37-17-18-38(3)4)20-22-49-35(44)24-31(26-47-29-40)28-50-32(41)7-2/h29-31H,6-28H2,1-5H3,(H,37,45). The number of esters is 4. The molecular formula is C36H65N3O12. The van der Waals surface area contributed by atoms with E-state index in [4.69, 9.17) is 28.4 Å². The Morgan fingerprint density at radius 2 is 1.18 bits per heavy atom. The number of unbranched alkanes of at least 4 members (excludes halogenated alkanes) is 8. The summed E-state index contributed by atoms with van der Waals surface area (Å²) >= 11 is 0. The predicted molar refractivity (Wildman–Crippen MR) is 190 cm³/mol. The first-order valence-electron chi connectivity index (χ1n) is 18.4. The zero-order chi connectivity index (χ0) is 38.1. The molecule has 1 N–H and O–H groups in total. The van der Waals surface area contributed by atoms with Crippen molar-refractivity contribution in [3.63, 3.8) is 0 Å². The summed E-state index contributed by atoms with van der Waals surface area (Å²) in [5.41, 5.74) is 0. The van der Waals surface area contributed by atoms with Gasteiger partial charge in [-0.1, -0.05) is 65.2 Å². The maximum Gasteiger partial charge on any atom is 0.317 e. The van der Waals surface area contributed by atoms with Gasteiger partial charge in [-0.3, -0.25) is 24.0 Å². The topological polar surface area (TPSA) is 176 Å². The number of nitrogens with zero attached hydrogens (tertiary/aromatic N) is 2. The Labute approximate surface area is 304 Å². The summed E-state index contributed by atoms with van der Waals surface area (Å²) in [7, 11) is 5.24. The highest BCUT2D eigenvalue weighted by atomic mass is 16.6. The molecule has 2 amide bonds. The molecule has 2 unspecified atom stereocenters. The van der Waals surface area contributed by atoms with Gasteiger partial charge >= 0.3 is 29.9 Å². The third kappa shape index (κ3) is 28.9. The molecule has 0 aromatic rings. The van der Waals surface area contributed by atoms with E-state index in [0.717, 1.165) is 19.3 Å². The molecule has 0 saturated heterocycles. The van der Waals surface area contributed by atoms with Gasteiger partial charge < -0.3 is 43.5 Å². The van der Waals surface area contributed by atoms with Crippen LogP contribution in [-0.2, 0) is 52.4 Å². The van der Waals surface area contributed by atoms with E-state index in [-0.39, 0.29) is 90.4 Å². The van der Waals surface area contributed by atoms with Gasteiger partial charge in [0.2, 0.25) is 0 Å². The molecule has 0 bridgehead atoms. The lowest BCUT2D eigenvalue weighted by atomic mass is 10.1. The minimum Gasteiger partial charge on any atom is -0.467 e. The van der Waals surface area contributed by atoms with E-state index in [9.17, 15) is 28.8 Å². The summed E-state index contributed by atoms with van der Waals surface area (Å²) in [6, 6.07) is -0.427. The van der Waals surface area contributed by atoms with Crippen LogP contribution in [0.4, 0.5) is 4.79 Å². The van der Waals surface area contributed by atoms with Gasteiger partial charge in [0.05, 0.1) is 52.4 Å². The third-order valence-electron chi connectivity index (χ3n) is 7.82. The number of methoxy groups -OCH3 is 1. The average Bonchev–Trinajstić information content (AvgIpc) is 3.09. The molecule has 0 aromatic heterocycles. The average molecular weight is 732 g/mol. The number of carbonyl (C=O) groups is 6.